The van der Waals surface area contributed by atoms with E-state index < -0.39 is 0 Å². The highest BCUT2D eigenvalue weighted by Crippen LogP contribution is 2.36. The van der Waals surface area contributed by atoms with Crippen molar-refractivity contribution >= 4 is 28.6 Å². The van der Waals surface area contributed by atoms with Gasteiger partial charge in [-0.3, -0.25) is 0 Å². The average Bonchev–Trinajstić information content (AvgIpc) is 2.99. The number of hydrogen-bond acceptors (Lipinski definition) is 8. The zero-order chi connectivity index (χ0) is 27.2. The van der Waals surface area contributed by atoms with Crippen LogP contribution in [0.15, 0.2) is 66.7 Å². The van der Waals surface area contributed by atoms with Crippen LogP contribution in [0.2, 0.25) is 0 Å². The molecule has 0 radical (unpaired) electrons. The number of methoxy groups -OCH3 is 2. The summed E-state index contributed by atoms with van der Waals surface area (Å²) in [6.07, 6.45) is 1.72. The number of rotatable bonds is 9. The zero-order valence-corrected chi connectivity index (χ0v) is 22.0. The molecule has 0 spiro atoms. The van der Waals surface area contributed by atoms with E-state index in [1.165, 1.54) is 24.8 Å². The van der Waals surface area contributed by atoms with Crippen LogP contribution in [0.3, 0.4) is 0 Å². The molecule has 0 bridgehead atoms. The number of carbonyl (C=O) groups excluding carboxylic acids is 1. The molecule has 1 aliphatic heterocycles. The van der Waals surface area contributed by atoms with Gasteiger partial charge in [0.05, 0.1) is 25.3 Å². The van der Waals surface area contributed by atoms with Crippen LogP contribution in [-0.2, 0) is 21.4 Å². The minimum absolute atomic E-state index is 0.156. The van der Waals surface area contributed by atoms with Gasteiger partial charge in [-0.2, -0.15) is 4.98 Å². The minimum atomic E-state index is -0.387. The molecule has 1 saturated heterocycles. The van der Waals surface area contributed by atoms with Crippen LogP contribution >= 0.6 is 0 Å². The van der Waals surface area contributed by atoms with E-state index in [2.05, 4.69) is 27.8 Å². The highest BCUT2D eigenvalue weighted by molar-refractivity contribution is 5.90. The summed E-state index contributed by atoms with van der Waals surface area (Å²) in [5.74, 6) is 1.06. The Kier molecular flexibility index (Phi) is 7.88. The van der Waals surface area contributed by atoms with E-state index in [-0.39, 0.29) is 17.2 Å². The third-order valence-electron chi connectivity index (χ3n) is 7.23. The number of carbonyl (C=O) groups is 1. The molecule has 0 unspecified atom stereocenters. The molecular formula is C30H31FN4O4. The van der Waals surface area contributed by atoms with Gasteiger partial charge in [0, 0.05) is 43.2 Å². The van der Waals surface area contributed by atoms with Gasteiger partial charge in [0.15, 0.2) is 0 Å². The lowest BCUT2D eigenvalue weighted by atomic mass is 9.74. The number of ether oxygens (including phenoxy) is 3. The third kappa shape index (κ3) is 5.93. The summed E-state index contributed by atoms with van der Waals surface area (Å²) in [4.78, 5) is 21.0. The molecule has 0 saturated carbocycles. The van der Waals surface area contributed by atoms with Crippen LogP contribution in [0, 0.1) is 5.82 Å². The Balaban J connectivity index is 1.39. The smallest absolute Gasteiger partial charge is 0.337 e. The molecule has 3 aromatic carbocycles. The van der Waals surface area contributed by atoms with E-state index in [4.69, 9.17) is 19.2 Å². The molecule has 5 rings (SSSR count). The van der Waals surface area contributed by atoms with Gasteiger partial charge in [-0.1, -0.05) is 24.3 Å². The maximum atomic E-state index is 14.1. The Labute approximate surface area is 226 Å². The Morgan fingerprint density at radius 2 is 1.72 bits per heavy atom. The van der Waals surface area contributed by atoms with Gasteiger partial charge in [-0.05, 0) is 60.4 Å². The molecule has 2 N–H and O–H groups in total. The average molecular weight is 531 g/mol. The van der Waals surface area contributed by atoms with E-state index in [0.29, 0.717) is 49.1 Å². The molecule has 1 aromatic heterocycles. The summed E-state index contributed by atoms with van der Waals surface area (Å²) >= 11 is 0. The molecule has 8 nitrogen and oxygen atoms in total. The number of esters is 1. The fourth-order valence-corrected chi connectivity index (χ4v) is 4.90. The number of hydrogen-bond donors (Lipinski definition) is 2. The number of benzene rings is 3. The molecule has 0 aliphatic carbocycles. The molecule has 1 aliphatic rings. The number of halogens is 1. The summed E-state index contributed by atoms with van der Waals surface area (Å²) in [7, 11) is 3.01. The van der Waals surface area contributed by atoms with E-state index in [1.807, 2.05) is 24.3 Å². The predicted molar refractivity (Wildman–Crippen MR) is 148 cm³/mol. The lowest BCUT2D eigenvalue weighted by Crippen LogP contribution is -2.40. The summed E-state index contributed by atoms with van der Waals surface area (Å²) in [5, 5.41) is 7.53. The first-order valence-corrected chi connectivity index (χ1v) is 12.8. The number of aromatic nitrogens is 2. The zero-order valence-electron chi connectivity index (χ0n) is 22.0. The number of nitrogens with one attached hydrogen (secondary N) is 2. The summed E-state index contributed by atoms with van der Waals surface area (Å²) in [6, 6.07) is 19.8. The topological polar surface area (TPSA) is 94.6 Å². The van der Waals surface area contributed by atoms with Crippen LogP contribution < -0.4 is 15.4 Å². The normalized spacial score (nSPS) is 14.5. The largest absolute Gasteiger partial charge is 0.497 e. The molecule has 4 aromatic rings. The van der Waals surface area contributed by atoms with Crippen LogP contribution in [0.4, 0.5) is 16.2 Å². The summed E-state index contributed by atoms with van der Waals surface area (Å²) in [6.45, 7) is 2.39. The molecule has 2 heterocycles. The second-order valence-electron chi connectivity index (χ2n) is 9.57. The molecule has 0 atom stereocenters. The monoisotopic (exact) mass is 530 g/mol. The van der Waals surface area contributed by atoms with Crippen molar-refractivity contribution in [1.29, 1.82) is 0 Å². The summed E-state index contributed by atoms with van der Waals surface area (Å²) < 4.78 is 29.9. The van der Waals surface area contributed by atoms with E-state index in [9.17, 15) is 9.18 Å². The van der Waals surface area contributed by atoms with Crippen molar-refractivity contribution in [3.8, 4) is 5.75 Å². The second kappa shape index (κ2) is 11.7. The van der Waals surface area contributed by atoms with Gasteiger partial charge in [0.2, 0.25) is 5.95 Å². The van der Waals surface area contributed by atoms with Crippen molar-refractivity contribution in [3.63, 3.8) is 0 Å². The summed E-state index contributed by atoms with van der Waals surface area (Å²) in [5.41, 5.74) is 2.96. The van der Waals surface area contributed by atoms with Gasteiger partial charge < -0.3 is 24.8 Å². The maximum absolute atomic E-state index is 14.1. The van der Waals surface area contributed by atoms with Crippen molar-refractivity contribution in [2.24, 2.45) is 0 Å². The van der Waals surface area contributed by atoms with E-state index in [0.717, 1.165) is 29.5 Å². The highest BCUT2D eigenvalue weighted by Gasteiger charge is 2.34. The molecular weight excluding hydrogens is 499 g/mol. The first-order valence-electron chi connectivity index (χ1n) is 12.8. The quantitative estimate of drug-likeness (QED) is 0.280. The first kappa shape index (κ1) is 26.4. The Bertz CT molecular complexity index is 1440. The maximum Gasteiger partial charge on any atom is 0.337 e. The number of anilines is 2. The Hall–Kier alpha value is -4.24. The fourth-order valence-electron chi connectivity index (χ4n) is 4.90. The van der Waals surface area contributed by atoms with E-state index in [1.54, 1.807) is 25.3 Å². The van der Waals surface area contributed by atoms with Gasteiger partial charge in [0.25, 0.3) is 0 Å². The Morgan fingerprint density at radius 1 is 0.974 bits per heavy atom. The lowest BCUT2D eigenvalue weighted by molar-refractivity contribution is 0.0543. The van der Waals surface area contributed by atoms with Crippen LogP contribution in [0.5, 0.6) is 5.75 Å². The Morgan fingerprint density at radius 3 is 2.41 bits per heavy atom. The SMILES string of the molecule is COC(=O)c1ccc(CNc2nc(NCC3(c4ccc(OC)cc4)CCOCC3)c3ccc(F)cc3n2)cc1. The lowest BCUT2D eigenvalue weighted by Gasteiger charge is -2.38. The molecule has 39 heavy (non-hydrogen) atoms. The van der Waals surface area contributed by atoms with E-state index >= 15 is 0 Å². The second-order valence-corrected chi connectivity index (χ2v) is 9.57. The molecule has 1 fully saturated rings. The van der Waals surface area contributed by atoms with Crippen LogP contribution in [0.25, 0.3) is 10.9 Å². The van der Waals surface area contributed by atoms with Crippen molar-refractivity contribution in [1.82, 2.24) is 9.97 Å². The van der Waals surface area contributed by atoms with Crippen molar-refractivity contribution in [2.45, 2.75) is 24.8 Å². The fraction of sp³-hybridized carbons (Fsp3) is 0.300. The number of fused-ring (bicyclic) bond motifs is 1. The van der Waals surface area contributed by atoms with Gasteiger partial charge in [0.1, 0.15) is 17.4 Å². The molecule has 9 heteroatoms. The van der Waals surface area contributed by atoms with Crippen LogP contribution in [-0.4, -0.2) is 49.9 Å². The van der Waals surface area contributed by atoms with Crippen molar-refractivity contribution in [2.75, 3.05) is 44.6 Å². The van der Waals surface area contributed by atoms with Gasteiger partial charge in [-0.15, -0.1) is 0 Å². The molecule has 0 amide bonds. The van der Waals surface area contributed by atoms with Gasteiger partial charge in [-0.25, -0.2) is 14.2 Å². The minimum Gasteiger partial charge on any atom is -0.497 e. The highest BCUT2D eigenvalue weighted by atomic mass is 19.1. The van der Waals surface area contributed by atoms with Crippen molar-refractivity contribution in [3.05, 3.63) is 89.2 Å². The van der Waals surface area contributed by atoms with Gasteiger partial charge >= 0.3 is 5.97 Å². The van der Waals surface area contributed by atoms with Crippen LogP contribution in [0.1, 0.15) is 34.3 Å². The third-order valence-corrected chi connectivity index (χ3v) is 7.23. The first-order chi connectivity index (χ1) is 19.0. The predicted octanol–water partition coefficient (Wildman–Crippen LogP) is 5.34. The molecule has 202 valence electrons. The standard InChI is InChI=1S/C30H31FN4O4/c1-37-24-10-7-22(8-11-24)30(13-15-39-16-14-30)19-33-27-25-12-9-23(31)17-26(25)34-29(35-27)32-18-20-3-5-21(6-4-20)28(36)38-2/h3-12,17H,13-16,18-19H2,1-2H3,(H2,32,33,34,35). The number of nitrogens with zero attached hydrogens (tertiary/aromatic N) is 2. The van der Waals surface area contributed by atoms with Crippen molar-refractivity contribution < 1.29 is 23.4 Å².